The number of fused-ring (bicyclic) bond motifs is 1. The highest BCUT2D eigenvalue weighted by Gasteiger charge is 2.18. The molecule has 0 unspecified atom stereocenters. The average molecular weight is 355 g/mol. The van der Waals surface area contributed by atoms with Crippen LogP contribution in [0.2, 0.25) is 0 Å². The van der Waals surface area contributed by atoms with E-state index in [4.69, 9.17) is 4.98 Å². The Balaban J connectivity index is 1.96. The lowest BCUT2D eigenvalue weighted by Gasteiger charge is -2.12. The van der Waals surface area contributed by atoms with Gasteiger partial charge in [-0.25, -0.2) is 9.67 Å². The van der Waals surface area contributed by atoms with Crippen molar-refractivity contribution in [3.8, 4) is 11.3 Å². The summed E-state index contributed by atoms with van der Waals surface area (Å²) in [6.45, 7) is 7.93. The minimum Gasteiger partial charge on any atom is -0.267 e. The quantitative estimate of drug-likeness (QED) is 0.507. The molecule has 0 radical (unpaired) electrons. The number of nitrogens with zero attached hydrogens (tertiary/aromatic N) is 3. The van der Waals surface area contributed by atoms with Crippen molar-refractivity contribution in [2.24, 2.45) is 0 Å². The molecule has 0 fully saturated rings. The average Bonchev–Trinajstić information content (AvgIpc) is 2.98. The molecule has 2 aromatic carbocycles. The summed E-state index contributed by atoms with van der Waals surface area (Å²) in [5.74, 6) is -0.134. The van der Waals surface area contributed by atoms with E-state index in [2.05, 4.69) is 37.1 Å². The molecule has 4 heteroatoms. The zero-order chi connectivity index (χ0) is 19.1. The minimum atomic E-state index is -0.134. The lowest BCUT2D eigenvalue weighted by Crippen LogP contribution is -2.16. The number of aryl methyl sites for hydroxylation is 4. The molecule has 4 nitrogen and oxygen atoms in total. The maximum Gasteiger partial charge on any atom is 0.279 e. The molecule has 0 aliphatic rings. The Morgan fingerprint density at radius 3 is 2.41 bits per heavy atom. The highest BCUT2D eigenvalue weighted by Crippen LogP contribution is 2.28. The van der Waals surface area contributed by atoms with Crippen LogP contribution in [0.5, 0.6) is 0 Å². The Morgan fingerprint density at radius 1 is 0.926 bits per heavy atom. The molecule has 0 N–H and O–H groups in total. The van der Waals surface area contributed by atoms with Crippen molar-refractivity contribution < 1.29 is 4.79 Å². The van der Waals surface area contributed by atoms with Gasteiger partial charge in [0.1, 0.15) is 0 Å². The zero-order valence-electron chi connectivity index (χ0n) is 15.9. The van der Waals surface area contributed by atoms with Gasteiger partial charge < -0.3 is 0 Å². The SMILES string of the molecule is Cc1ccc(-c2cc(C(=O)n3nc(C)cc3C)c3ccccc3n2)c(C)c1. The van der Waals surface area contributed by atoms with E-state index in [1.165, 1.54) is 10.2 Å². The Labute approximate surface area is 158 Å². The number of para-hydroxylation sites is 1. The largest absolute Gasteiger partial charge is 0.279 e. The Bertz CT molecular complexity index is 1190. The molecule has 134 valence electrons. The standard InChI is InChI=1S/C23H21N3O/c1-14-9-10-18(15(2)11-14)22-13-20(19-7-5-6-8-21(19)24-22)23(27)26-17(4)12-16(3)25-26/h5-13H,1-4H3. The van der Waals surface area contributed by atoms with Crippen molar-refractivity contribution >= 4 is 16.8 Å². The second kappa shape index (κ2) is 6.47. The number of pyridine rings is 1. The van der Waals surface area contributed by atoms with Gasteiger partial charge in [0.05, 0.1) is 22.5 Å². The molecular formula is C23H21N3O. The van der Waals surface area contributed by atoms with Gasteiger partial charge >= 0.3 is 0 Å². The van der Waals surface area contributed by atoms with Crippen molar-refractivity contribution in [3.05, 3.63) is 82.7 Å². The van der Waals surface area contributed by atoms with Crippen LogP contribution in [0.1, 0.15) is 32.9 Å². The molecule has 0 spiro atoms. The molecule has 0 atom stereocenters. The van der Waals surface area contributed by atoms with Crippen LogP contribution in [-0.4, -0.2) is 20.7 Å². The summed E-state index contributed by atoms with van der Waals surface area (Å²) in [4.78, 5) is 18.1. The highest BCUT2D eigenvalue weighted by atomic mass is 16.2. The van der Waals surface area contributed by atoms with Crippen molar-refractivity contribution in [2.45, 2.75) is 27.7 Å². The fourth-order valence-electron chi connectivity index (χ4n) is 3.54. The van der Waals surface area contributed by atoms with Gasteiger partial charge in [0.2, 0.25) is 0 Å². The third-order valence-corrected chi connectivity index (χ3v) is 4.81. The second-order valence-electron chi connectivity index (χ2n) is 7.03. The summed E-state index contributed by atoms with van der Waals surface area (Å²) >= 11 is 0. The molecule has 0 aliphatic carbocycles. The lowest BCUT2D eigenvalue weighted by atomic mass is 9.99. The number of carbonyl (C=O) groups is 1. The molecule has 2 aromatic heterocycles. The molecule has 4 aromatic rings. The molecule has 2 heterocycles. The maximum absolute atomic E-state index is 13.3. The Hall–Kier alpha value is -3.27. The summed E-state index contributed by atoms with van der Waals surface area (Å²) in [6.07, 6.45) is 0. The van der Waals surface area contributed by atoms with Crippen LogP contribution in [0, 0.1) is 27.7 Å². The van der Waals surface area contributed by atoms with Crippen LogP contribution < -0.4 is 0 Å². The first-order valence-corrected chi connectivity index (χ1v) is 8.99. The van der Waals surface area contributed by atoms with Gasteiger partial charge in [0.25, 0.3) is 5.91 Å². The summed E-state index contributed by atoms with van der Waals surface area (Å²) in [7, 11) is 0. The number of hydrogen-bond acceptors (Lipinski definition) is 3. The summed E-state index contributed by atoms with van der Waals surface area (Å²) < 4.78 is 1.48. The van der Waals surface area contributed by atoms with Gasteiger partial charge in [-0.3, -0.25) is 4.79 Å². The summed E-state index contributed by atoms with van der Waals surface area (Å²) in [6, 6.07) is 17.8. The normalized spacial score (nSPS) is 11.1. The van der Waals surface area contributed by atoms with E-state index >= 15 is 0 Å². The van der Waals surface area contributed by atoms with E-state index in [1.54, 1.807) is 0 Å². The first kappa shape index (κ1) is 17.2. The molecule has 0 saturated carbocycles. The van der Waals surface area contributed by atoms with E-state index in [0.29, 0.717) is 5.56 Å². The fourth-order valence-corrected chi connectivity index (χ4v) is 3.54. The minimum absolute atomic E-state index is 0.134. The molecule has 27 heavy (non-hydrogen) atoms. The molecule has 4 rings (SSSR count). The van der Waals surface area contributed by atoms with E-state index in [1.807, 2.05) is 50.2 Å². The molecule has 0 saturated heterocycles. The molecule has 0 bridgehead atoms. The molecular weight excluding hydrogens is 334 g/mol. The van der Waals surface area contributed by atoms with Crippen molar-refractivity contribution in [1.82, 2.24) is 14.8 Å². The monoisotopic (exact) mass is 355 g/mol. The number of rotatable bonds is 2. The first-order valence-electron chi connectivity index (χ1n) is 8.99. The third-order valence-electron chi connectivity index (χ3n) is 4.81. The van der Waals surface area contributed by atoms with Gasteiger partial charge in [0, 0.05) is 16.6 Å². The lowest BCUT2D eigenvalue weighted by molar-refractivity contribution is 0.0944. The van der Waals surface area contributed by atoms with Crippen LogP contribution in [0.25, 0.3) is 22.2 Å². The summed E-state index contributed by atoms with van der Waals surface area (Å²) in [5, 5.41) is 5.21. The highest BCUT2D eigenvalue weighted by molar-refractivity contribution is 6.08. The number of hydrogen-bond donors (Lipinski definition) is 0. The predicted octanol–water partition coefficient (Wildman–Crippen LogP) is 5.02. The van der Waals surface area contributed by atoms with Crippen LogP contribution in [-0.2, 0) is 0 Å². The van der Waals surface area contributed by atoms with Crippen molar-refractivity contribution in [2.75, 3.05) is 0 Å². The van der Waals surface area contributed by atoms with Crippen molar-refractivity contribution in [3.63, 3.8) is 0 Å². The number of carbonyl (C=O) groups excluding carboxylic acids is 1. The topological polar surface area (TPSA) is 47.8 Å². The van der Waals surface area contributed by atoms with Crippen LogP contribution in [0.15, 0.2) is 54.6 Å². The van der Waals surface area contributed by atoms with Crippen LogP contribution in [0.3, 0.4) is 0 Å². The van der Waals surface area contributed by atoms with Gasteiger partial charge in [-0.1, -0.05) is 42.0 Å². The van der Waals surface area contributed by atoms with E-state index < -0.39 is 0 Å². The molecule has 0 aliphatic heterocycles. The molecule has 0 amide bonds. The smallest absolute Gasteiger partial charge is 0.267 e. The Morgan fingerprint density at radius 2 is 1.70 bits per heavy atom. The number of benzene rings is 2. The summed E-state index contributed by atoms with van der Waals surface area (Å²) in [5.41, 5.74) is 7.25. The maximum atomic E-state index is 13.3. The third kappa shape index (κ3) is 3.04. The van der Waals surface area contributed by atoms with Gasteiger partial charge in [-0.15, -0.1) is 0 Å². The van der Waals surface area contributed by atoms with E-state index in [-0.39, 0.29) is 5.91 Å². The number of aromatic nitrogens is 3. The van der Waals surface area contributed by atoms with Crippen LogP contribution in [0.4, 0.5) is 0 Å². The van der Waals surface area contributed by atoms with Crippen molar-refractivity contribution in [1.29, 1.82) is 0 Å². The zero-order valence-corrected chi connectivity index (χ0v) is 15.9. The van der Waals surface area contributed by atoms with Gasteiger partial charge in [-0.2, -0.15) is 5.10 Å². The second-order valence-corrected chi connectivity index (χ2v) is 7.03. The van der Waals surface area contributed by atoms with E-state index in [0.717, 1.165) is 39.1 Å². The fraction of sp³-hybridized carbons (Fsp3) is 0.174. The Kier molecular flexibility index (Phi) is 4.11. The van der Waals surface area contributed by atoms with Crippen LogP contribution >= 0.6 is 0 Å². The predicted molar refractivity (Wildman–Crippen MR) is 108 cm³/mol. The van der Waals surface area contributed by atoms with Gasteiger partial charge in [-0.05, 0) is 51.5 Å². The van der Waals surface area contributed by atoms with Gasteiger partial charge in [0.15, 0.2) is 0 Å². The van der Waals surface area contributed by atoms with E-state index in [9.17, 15) is 4.79 Å². The first-order chi connectivity index (χ1) is 12.9.